The second kappa shape index (κ2) is 3.75. The van der Waals surface area contributed by atoms with Crippen LogP contribution in [0.1, 0.15) is 12.5 Å². The van der Waals surface area contributed by atoms with Gasteiger partial charge in [0.2, 0.25) is 0 Å². The average Bonchev–Trinajstić information content (AvgIpc) is 2.42. The number of rotatable bonds is 1. The summed E-state index contributed by atoms with van der Waals surface area (Å²) in [6.45, 7) is 2.17. The molecule has 1 aromatic heterocycles. The highest BCUT2D eigenvalue weighted by Crippen LogP contribution is 2.36. The lowest BCUT2D eigenvalue weighted by Crippen LogP contribution is -1.76. The summed E-state index contributed by atoms with van der Waals surface area (Å²) in [6, 6.07) is 6.50. The molecule has 0 saturated carbocycles. The zero-order chi connectivity index (χ0) is 9.42. The van der Waals surface area contributed by atoms with E-state index in [0.717, 1.165) is 11.4 Å². The molecule has 0 N–H and O–H groups in total. The van der Waals surface area contributed by atoms with Gasteiger partial charge in [0.15, 0.2) is 0 Å². The second-order valence-electron chi connectivity index (χ2n) is 2.87. The van der Waals surface area contributed by atoms with Crippen LogP contribution >= 0.6 is 45.5 Å². The molecule has 0 saturated heterocycles. The van der Waals surface area contributed by atoms with Crippen LogP contribution in [0.2, 0.25) is 5.02 Å². The summed E-state index contributed by atoms with van der Waals surface area (Å²) in [5.74, 6) is 0. The SMILES string of the molecule is CCc1ccc2c(Cl)c(I)sc2c1. The highest BCUT2D eigenvalue weighted by atomic mass is 127. The van der Waals surface area contributed by atoms with Crippen molar-refractivity contribution in [2.24, 2.45) is 0 Å². The summed E-state index contributed by atoms with van der Waals surface area (Å²) < 4.78 is 2.48. The Morgan fingerprint density at radius 3 is 2.92 bits per heavy atom. The Balaban J connectivity index is 2.73. The molecule has 68 valence electrons. The van der Waals surface area contributed by atoms with Crippen LogP contribution in [0.15, 0.2) is 18.2 Å². The highest BCUT2D eigenvalue weighted by Gasteiger charge is 2.07. The molecule has 0 aliphatic heterocycles. The van der Waals surface area contributed by atoms with Gasteiger partial charge in [-0.3, -0.25) is 0 Å². The van der Waals surface area contributed by atoms with Crippen LogP contribution in [0.3, 0.4) is 0 Å². The van der Waals surface area contributed by atoms with Gasteiger partial charge >= 0.3 is 0 Å². The van der Waals surface area contributed by atoms with Crippen LogP contribution in [-0.2, 0) is 6.42 Å². The number of benzene rings is 1. The molecule has 0 fully saturated rings. The van der Waals surface area contributed by atoms with Gasteiger partial charge in [0, 0.05) is 10.1 Å². The van der Waals surface area contributed by atoms with Crippen molar-refractivity contribution >= 4 is 55.6 Å². The van der Waals surface area contributed by atoms with E-state index in [9.17, 15) is 0 Å². The summed E-state index contributed by atoms with van der Waals surface area (Å²) in [7, 11) is 0. The van der Waals surface area contributed by atoms with E-state index >= 15 is 0 Å². The molecule has 0 aliphatic rings. The van der Waals surface area contributed by atoms with Gasteiger partial charge in [-0.15, -0.1) is 11.3 Å². The Kier molecular flexibility index (Phi) is 2.81. The number of hydrogen-bond acceptors (Lipinski definition) is 1. The summed E-state index contributed by atoms with van der Waals surface area (Å²) >= 11 is 10.2. The maximum atomic E-state index is 6.14. The van der Waals surface area contributed by atoms with Gasteiger partial charge in [0.05, 0.1) is 7.91 Å². The van der Waals surface area contributed by atoms with E-state index in [2.05, 4.69) is 47.7 Å². The molecule has 3 heteroatoms. The second-order valence-corrected chi connectivity index (χ2v) is 6.11. The fourth-order valence-electron chi connectivity index (χ4n) is 1.30. The third-order valence-corrected chi connectivity index (χ3v) is 5.03. The van der Waals surface area contributed by atoms with Crippen LogP contribution in [0.5, 0.6) is 0 Å². The van der Waals surface area contributed by atoms with Crippen molar-refractivity contribution in [3.05, 3.63) is 31.7 Å². The summed E-state index contributed by atoms with van der Waals surface area (Å²) in [5.41, 5.74) is 1.38. The minimum atomic E-state index is 0.906. The van der Waals surface area contributed by atoms with Crippen molar-refractivity contribution in [2.45, 2.75) is 13.3 Å². The molecule has 1 heterocycles. The van der Waals surface area contributed by atoms with Gasteiger partial charge in [-0.1, -0.05) is 30.7 Å². The molecule has 0 nitrogen and oxygen atoms in total. The van der Waals surface area contributed by atoms with Crippen molar-refractivity contribution in [3.8, 4) is 0 Å². The summed E-state index contributed by atoms with van der Waals surface area (Å²) in [6.07, 6.45) is 1.09. The van der Waals surface area contributed by atoms with Gasteiger partial charge in [-0.25, -0.2) is 0 Å². The zero-order valence-corrected chi connectivity index (χ0v) is 10.8. The Morgan fingerprint density at radius 1 is 1.46 bits per heavy atom. The lowest BCUT2D eigenvalue weighted by molar-refractivity contribution is 1.15. The molecule has 0 bridgehead atoms. The van der Waals surface area contributed by atoms with Crippen LogP contribution in [0.4, 0.5) is 0 Å². The highest BCUT2D eigenvalue weighted by molar-refractivity contribution is 14.1. The third-order valence-electron chi connectivity index (χ3n) is 2.06. The first-order valence-electron chi connectivity index (χ1n) is 4.08. The van der Waals surface area contributed by atoms with E-state index in [-0.39, 0.29) is 0 Å². The Morgan fingerprint density at radius 2 is 2.23 bits per heavy atom. The molecule has 0 amide bonds. The summed E-state index contributed by atoms with van der Waals surface area (Å²) in [4.78, 5) is 0. The minimum absolute atomic E-state index is 0.906. The van der Waals surface area contributed by atoms with E-state index in [4.69, 9.17) is 11.6 Å². The van der Waals surface area contributed by atoms with E-state index in [1.165, 1.54) is 18.5 Å². The van der Waals surface area contributed by atoms with E-state index in [1.807, 2.05) is 0 Å². The molecule has 2 rings (SSSR count). The molecule has 0 unspecified atom stereocenters. The first-order valence-corrected chi connectivity index (χ1v) is 6.36. The zero-order valence-electron chi connectivity index (χ0n) is 7.10. The maximum absolute atomic E-state index is 6.14. The molecule has 0 radical (unpaired) electrons. The standard InChI is InChI=1S/C10H8ClIS/c1-2-6-3-4-7-8(5-6)13-10(12)9(7)11/h3-5H,2H2,1H3. The van der Waals surface area contributed by atoms with Crippen molar-refractivity contribution in [2.75, 3.05) is 0 Å². The van der Waals surface area contributed by atoms with E-state index < -0.39 is 0 Å². The molecule has 0 atom stereocenters. The average molecular weight is 323 g/mol. The van der Waals surface area contributed by atoms with Crippen molar-refractivity contribution in [1.82, 2.24) is 0 Å². The monoisotopic (exact) mass is 322 g/mol. The minimum Gasteiger partial charge on any atom is -0.128 e. The van der Waals surface area contributed by atoms with Crippen LogP contribution in [-0.4, -0.2) is 0 Å². The number of hydrogen-bond donors (Lipinski definition) is 0. The molecular weight excluding hydrogens is 315 g/mol. The maximum Gasteiger partial charge on any atom is 0.0852 e. The van der Waals surface area contributed by atoms with E-state index in [0.29, 0.717) is 0 Å². The lowest BCUT2D eigenvalue weighted by atomic mass is 10.1. The first kappa shape index (κ1) is 9.74. The molecule has 0 aliphatic carbocycles. The molecule has 0 spiro atoms. The lowest BCUT2D eigenvalue weighted by Gasteiger charge is -1.95. The largest absolute Gasteiger partial charge is 0.128 e. The van der Waals surface area contributed by atoms with E-state index in [1.54, 1.807) is 11.3 Å². The molecule has 2 aromatic rings. The number of thiophene rings is 1. The Labute approximate surface area is 100 Å². The van der Waals surface area contributed by atoms with Crippen LogP contribution in [0, 0.1) is 2.88 Å². The van der Waals surface area contributed by atoms with Crippen molar-refractivity contribution < 1.29 is 0 Å². The topological polar surface area (TPSA) is 0 Å². The van der Waals surface area contributed by atoms with Gasteiger partial charge in [-0.05, 0) is 40.6 Å². The van der Waals surface area contributed by atoms with Gasteiger partial charge in [0.25, 0.3) is 0 Å². The Hall–Kier alpha value is 0.200. The fourth-order valence-corrected chi connectivity index (χ4v) is 3.52. The molecule has 1 aromatic carbocycles. The first-order chi connectivity index (χ1) is 6.22. The van der Waals surface area contributed by atoms with Crippen LogP contribution < -0.4 is 0 Å². The van der Waals surface area contributed by atoms with Gasteiger partial charge in [-0.2, -0.15) is 0 Å². The molecular formula is C10H8ClIS. The van der Waals surface area contributed by atoms with Crippen molar-refractivity contribution in [1.29, 1.82) is 0 Å². The number of fused-ring (bicyclic) bond motifs is 1. The Bertz CT molecular complexity index is 447. The normalized spacial score (nSPS) is 11.0. The van der Waals surface area contributed by atoms with Crippen molar-refractivity contribution in [3.63, 3.8) is 0 Å². The third kappa shape index (κ3) is 1.72. The fraction of sp³-hybridized carbons (Fsp3) is 0.200. The van der Waals surface area contributed by atoms with Gasteiger partial charge in [0.1, 0.15) is 0 Å². The summed E-state index contributed by atoms with van der Waals surface area (Å²) in [5, 5.41) is 2.09. The van der Waals surface area contributed by atoms with Crippen LogP contribution in [0.25, 0.3) is 10.1 Å². The smallest absolute Gasteiger partial charge is 0.0852 e. The number of halogens is 2. The molecule has 13 heavy (non-hydrogen) atoms. The van der Waals surface area contributed by atoms with Gasteiger partial charge < -0.3 is 0 Å². The predicted octanol–water partition coefficient (Wildman–Crippen LogP) is 4.72. The predicted molar refractivity (Wildman–Crippen MR) is 68.9 cm³/mol. The quantitative estimate of drug-likeness (QED) is 0.666. The number of aryl methyl sites for hydroxylation is 1.